The third-order valence-electron chi connectivity index (χ3n) is 4.76. The second-order valence-corrected chi connectivity index (χ2v) is 8.99. The van der Waals surface area contributed by atoms with Crippen molar-refractivity contribution in [1.82, 2.24) is 5.32 Å². The van der Waals surface area contributed by atoms with Gasteiger partial charge in [0.1, 0.15) is 18.0 Å². The molecule has 0 atom stereocenters. The van der Waals surface area contributed by atoms with Crippen molar-refractivity contribution in [2.75, 3.05) is 17.1 Å². The van der Waals surface area contributed by atoms with E-state index in [4.69, 9.17) is 4.74 Å². The van der Waals surface area contributed by atoms with E-state index >= 15 is 0 Å². The molecule has 2 aromatic carbocycles. The summed E-state index contributed by atoms with van der Waals surface area (Å²) >= 11 is 0. The smallest absolute Gasteiger partial charge is 0.240 e. The summed E-state index contributed by atoms with van der Waals surface area (Å²) in [5.41, 5.74) is 0.432. The molecule has 1 fully saturated rings. The first-order valence-electron chi connectivity index (χ1n) is 9.52. The minimum Gasteiger partial charge on any atom is -0.457 e. The molecule has 2 aromatic rings. The average molecular weight is 403 g/mol. The monoisotopic (exact) mass is 402 g/mol. The van der Waals surface area contributed by atoms with E-state index in [-0.39, 0.29) is 18.5 Å². The van der Waals surface area contributed by atoms with Crippen molar-refractivity contribution >= 4 is 21.6 Å². The first-order valence-corrected chi connectivity index (χ1v) is 11.4. The number of hydrogen-bond acceptors (Lipinski definition) is 4. The number of hydrogen-bond donors (Lipinski definition) is 1. The first kappa shape index (κ1) is 20.2. The fourth-order valence-electron chi connectivity index (χ4n) is 3.36. The lowest BCUT2D eigenvalue weighted by Crippen LogP contribution is -2.44. The molecule has 3 rings (SSSR count). The number of anilines is 1. The number of nitrogens with zero attached hydrogens (tertiary/aromatic N) is 1. The molecule has 0 unspecified atom stereocenters. The number of benzene rings is 2. The number of ether oxygens (including phenoxy) is 1. The molecule has 1 saturated carbocycles. The topological polar surface area (TPSA) is 75.7 Å². The molecule has 7 heteroatoms. The standard InChI is InChI=1S/C21H26N2O4S/c1-28(25,26)23(16-21(24)22-17-8-4-2-5-9-17)18-12-14-20(15-13-18)27-19-10-6-3-7-11-19/h3,6-7,10-15,17H,2,4-5,8-9,16H2,1H3,(H,22,24). The second-order valence-electron chi connectivity index (χ2n) is 7.08. The van der Waals surface area contributed by atoms with Gasteiger partial charge in [-0.25, -0.2) is 8.42 Å². The van der Waals surface area contributed by atoms with E-state index < -0.39 is 10.0 Å². The Bertz CT molecular complexity index is 876. The Balaban J connectivity index is 1.68. The summed E-state index contributed by atoms with van der Waals surface area (Å²) < 4.78 is 31.4. The third kappa shape index (κ3) is 5.73. The Morgan fingerprint density at radius 3 is 2.21 bits per heavy atom. The molecule has 6 nitrogen and oxygen atoms in total. The van der Waals surface area contributed by atoms with Crippen LogP contribution in [0.5, 0.6) is 11.5 Å². The molecule has 0 heterocycles. The highest BCUT2D eigenvalue weighted by Crippen LogP contribution is 2.25. The number of sulfonamides is 1. The molecule has 0 bridgehead atoms. The van der Waals surface area contributed by atoms with Gasteiger partial charge < -0.3 is 10.1 Å². The zero-order valence-electron chi connectivity index (χ0n) is 16.0. The van der Waals surface area contributed by atoms with Crippen molar-refractivity contribution in [1.29, 1.82) is 0 Å². The fourth-order valence-corrected chi connectivity index (χ4v) is 4.21. The van der Waals surface area contributed by atoms with Gasteiger partial charge in [0.15, 0.2) is 0 Å². The molecule has 0 saturated heterocycles. The van der Waals surface area contributed by atoms with Crippen LogP contribution in [0.2, 0.25) is 0 Å². The maximum absolute atomic E-state index is 12.4. The lowest BCUT2D eigenvalue weighted by atomic mass is 9.95. The molecule has 1 amide bonds. The summed E-state index contributed by atoms with van der Waals surface area (Å²) in [5, 5.41) is 2.97. The second kappa shape index (κ2) is 9.10. The highest BCUT2D eigenvalue weighted by Gasteiger charge is 2.23. The Morgan fingerprint density at radius 2 is 1.61 bits per heavy atom. The van der Waals surface area contributed by atoms with Crippen molar-refractivity contribution in [2.45, 2.75) is 38.1 Å². The summed E-state index contributed by atoms with van der Waals surface area (Å²) in [6.07, 6.45) is 6.41. The summed E-state index contributed by atoms with van der Waals surface area (Å²) in [6.45, 7) is -0.228. The molecule has 1 aliphatic carbocycles. The number of para-hydroxylation sites is 1. The molecule has 1 N–H and O–H groups in total. The zero-order valence-corrected chi connectivity index (χ0v) is 16.8. The molecule has 0 spiro atoms. The largest absolute Gasteiger partial charge is 0.457 e. The van der Waals surface area contributed by atoms with Crippen LogP contribution in [0, 0.1) is 0 Å². The van der Waals surface area contributed by atoms with Gasteiger partial charge in [0, 0.05) is 6.04 Å². The van der Waals surface area contributed by atoms with Gasteiger partial charge in [-0.1, -0.05) is 37.5 Å². The predicted molar refractivity (Wildman–Crippen MR) is 110 cm³/mol. The normalized spacial score (nSPS) is 15.0. The quantitative estimate of drug-likeness (QED) is 0.766. The van der Waals surface area contributed by atoms with Gasteiger partial charge in [0.05, 0.1) is 11.9 Å². The van der Waals surface area contributed by atoms with E-state index in [1.807, 2.05) is 30.3 Å². The number of carbonyl (C=O) groups is 1. The van der Waals surface area contributed by atoms with Crippen LogP contribution < -0.4 is 14.4 Å². The summed E-state index contributed by atoms with van der Waals surface area (Å²) in [6, 6.07) is 16.2. The lowest BCUT2D eigenvalue weighted by Gasteiger charge is -2.26. The van der Waals surface area contributed by atoms with Crippen LogP contribution in [0.1, 0.15) is 32.1 Å². The number of amides is 1. The molecule has 150 valence electrons. The van der Waals surface area contributed by atoms with Crippen molar-refractivity contribution in [3.05, 3.63) is 54.6 Å². The predicted octanol–water partition coefficient (Wildman–Crippen LogP) is 3.69. The van der Waals surface area contributed by atoms with Crippen LogP contribution in [0.25, 0.3) is 0 Å². The highest BCUT2D eigenvalue weighted by atomic mass is 32.2. The van der Waals surface area contributed by atoms with E-state index in [1.54, 1.807) is 24.3 Å². The third-order valence-corrected chi connectivity index (χ3v) is 5.90. The Morgan fingerprint density at radius 1 is 1.00 bits per heavy atom. The van der Waals surface area contributed by atoms with Gasteiger partial charge >= 0.3 is 0 Å². The Hall–Kier alpha value is -2.54. The molecule has 0 aromatic heterocycles. The number of nitrogens with one attached hydrogen (secondary N) is 1. The van der Waals surface area contributed by atoms with E-state index in [0.29, 0.717) is 17.2 Å². The van der Waals surface area contributed by atoms with Crippen molar-refractivity contribution in [3.8, 4) is 11.5 Å². The maximum Gasteiger partial charge on any atom is 0.240 e. The Labute approximate surface area is 166 Å². The van der Waals surface area contributed by atoms with Gasteiger partial charge in [-0.15, -0.1) is 0 Å². The van der Waals surface area contributed by atoms with Gasteiger partial charge in [-0.05, 0) is 49.2 Å². The van der Waals surface area contributed by atoms with Crippen LogP contribution in [0.4, 0.5) is 5.69 Å². The number of carbonyl (C=O) groups excluding carboxylic acids is 1. The van der Waals surface area contributed by atoms with Gasteiger partial charge in [0.25, 0.3) is 0 Å². The minimum absolute atomic E-state index is 0.143. The van der Waals surface area contributed by atoms with Gasteiger partial charge in [0.2, 0.25) is 15.9 Å². The van der Waals surface area contributed by atoms with E-state index in [9.17, 15) is 13.2 Å². The van der Waals surface area contributed by atoms with Crippen LogP contribution in [0.3, 0.4) is 0 Å². The van der Waals surface area contributed by atoms with Gasteiger partial charge in [-0.3, -0.25) is 9.10 Å². The Kier molecular flexibility index (Phi) is 6.57. The van der Waals surface area contributed by atoms with Crippen molar-refractivity contribution < 1.29 is 17.9 Å². The number of rotatable bonds is 7. The molecule has 28 heavy (non-hydrogen) atoms. The van der Waals surface area contributed by atoms with E-state index in [2.05, 4.69) is 5.32 Å². The average Bonchev–Trinajstić information content (AvgIpc) is 2.68. The summed E-state index contributed by atoms with van der Waals surface area (Å²) in [5.74, 6) is 1.01. The van der Waals surface area contributed by atoms with Crippen LogP contribution in [-0.2, 0) is 14.8 Å². The lowest BCUT2D eigenvalue weighted by molar-refractivity contribution is -0.120. The molecular formula is C21H26N2O4S. The van der Waals surface area contributed by atoms with E-state index in [1.165, 1.54) is 6.42 Å². The fraction of sp³-hybridized carbons (Fsp3) is 0.381. The van der Waals surface area contributed by atoms with Crippen molar-refractivity contribution in [2.24, 2.45) is 0 Å². The van der Waals surface area contributed by atoms with Crippen molar-refractivity contribution in [3.63, 3.8) is 0 Å². The molecule has 0 radical (unpaired) electrons. The first-order chi connectivity index (χ1) is 13.4. The highest BCUT2D eigenvalue weighted by molar-refractivity contribution is 7.92. The summed E-state index contributed by atoms with van der Waals surface area (Å²) in [7, 11) is -3.59. The van der Waals surface area contributed by atoms with E-state index in [0.717, 1.165) is 36.2 Å². The van der Waals surface area contributed by atoms with Crippen LogP contribution in [-0.4, -0.2) is 33.2 Å². The van der Waals surface area contributed by atoms with Crippen LogP contribution >= 0.6 is 0 Å². The van der Waals surface area contributed by atoms with Crippen LogP contribution in [0.15, 0.2) is 54.6 Å². The van der Waals surface area contributed by atoms with Gasteiger partial charge in [-0.2, -0.15) is 0 Å². The SMILES string of the molecule is CS(=O)(=O)N(CC(=O)NC1CCCCC1)c1ccc(Oc2ccccc2)cc1. The molecular weight excluding hydrogens is 376 g/mol. The minimum atomic E-state index is -3.59. The zero-order chi connectivity index (χ0) is 20.0. The molecule has 0 aliphatic heterocycles. The summed E-state index contributed by atoms with van der Waals surface area (Å²) in [4.78, 5) is 12.4. The maximum atomic E-state index is 12.4. The molecule has 1 aliphatic rings.